The number of anilines is 1. The molecule has 0 saturated carbocycles. The molecule has 0 aliphatic heterocycles. The van der Waals surface area contributed by atoms with Gasteiger partial charge in [-0.25, -0.2) is 0 Å². The fourth-order valence-electron chi connectivity index (χ4n) is 2.06. The number of hydrogen-bond donors (Lipinski definition) is 0. The molecule has 0 aromatic heterocycles. The highest BCUT2D eigenvalue weighted by atomic mass is 16.5. The number of nitrogens with zero attached hydrogens (tertiary/aromatic N) is 1. The van der Waals surface area contributed by atoms with Crippen LogP contribution < -0.4 is 9.64 Å². The van der Waals surface area contributed by atoms with Crippen LogP contribution in [0.5, 0.6) is 5.75 Å². The molecule has 2 aromatic rings. The highest BCUT2D eigenvalue weighted by Gasteiger charge is 2.12. The van der Waals surface area contributed by atoms with E-state index in [1.165, 1.54) is 0 Å². The summed E-state index contributed by atoms with van der Waals surface area (Å²) in [5.41, 5.74) is 2.93. The molecule has 0 N–H and O–H groups in total. The lowest BCUT2D eigenvalue weighted by molar-refractivity contribution is -0.117. The third-order valence-electron chi connectivity index (χ3n) is 3.35. The second-order valence-corrected chi connectivity index (χ2v) is 4.77. The molecule has 0 spiro atoms. The van der Waals surface area contributed by atoms with Crippen molar-refractivity contribution in [2.75, 3.05) is 19.1 Å². The van der Waals surface area contributed by atoms with Gasteiger partial charge in [0.25, 0.3) is 0 Å². The predicted molar refractivity (Wildman–Crippen MR) is 81.3 cm³/mol. The lowest BCUT2D eigenvalue weighted by Gasteiger charge is -2.17. The Balaban J connectivity index is 2.12. The minimum atomic E-state index is 0.0575. The summed E-state index contributed by atoms with van der Waals surface area (Å²) in [6.07, 6.45) is 0.363. The van der Waals surface area contributed by atoms with Gasteiger partial charge in [0.2, 0.25) is 5.91 Å². The summed E-state index contributed by atoms with van der Waals surface area (Å²) in [5, 5.41) is 0. The van der Waals surface area contributed by atoms with Crippen LogP contribution in [-0.4, -0.2) is 20.1 Å². The van der Waals surface area contributed by atoms with Crippen molar-refractivity contribution in [2.45, 2.75) is 13.3 Å². The van der Waals surface area contributed by atoms with Gasteiger partial charge in [0.1, 0.15) is 5.75 Å². The fraction of sp³-hybridized carbons (Fsp3) is 0.235. The Morgan fingerprint density at radius 2 is 1.85 bits per heavy atom. The molecule has 0 saturated heterocycles. The van der Waals surface area contributed by atoms with Crippen molar-refractivity contribution >= 4 is 11.6 Å². The maximum atomic E-state index is 12.3. The minimum absolute atomic E-state index is 0.0575. The van der Waals surface area contributed by atoms with Crippen molar-refractivity contribution in [3.05, 3.63) is 59.7 Å². The Hall–Kier alpha value is -2.29. The average molecular weight is 269 g/mol. The zero-order chi connectivity index (χ0) is 14.5. The monoisotopic (exact) mass is 269 g/mol. The standard InChI is InChI=1S/C17H19NO2/c1-13-9-10-14(11-16(13)20-3)12-17(19)18(2)15-7-5-4-6-8-15/h4-11H,12H2,1-3H3. The van der Waals surface area contributed by atoms with Crippen molar-refractivity contribution < 1.29 is 9.53 Å². The van der Waals surface area contributed by atoms with E-state index in [1.807, 2.05) is 55.5 Å². The Bertz CT molecular complexity index is 593. The Morgan fingerprint density at radius 3 is 2.50 bits per heavy atom. The largest absolute Gasteiger partial charge is 0.496 e. The van der Waals surface area contributed by atoms with Gasteiger partial charge in [0, 0.05) is 12.7 Å². The number of likely N-dealkylation sites (N-methyl/N-ethyl adjacent to an activating group) is 1. The molecule has 0 aliphatic rings. The number of amides is 1. The van der Waals surface area contributed by atoms with Crippen LogP contribution in [0.3, 0.4) is 0 Å². The molecular weight excluding hydrogens is 250 g/mol. The van der Waals surface area contributed by atoms with Gasteiger partial charge in [-0.05, 0) is 36.2 Å². The van der Waals surface area contributed by atoms with Crippen LogP contribution in [0.15, 0.2) is 48.5 Å². The first-order valence-corrected chi connectivity index (χ1v) is 6.57. The lowest BCUT2D eigenvalue weighted by Crippen LogP contribution is -2.27. The topological polar surface area (TPSA) is 29.5 Å². The average Bonchev–Trinajstić information content (AvgIpc) is 2.49. The van der Waals surface area contributed by atoms with Gasteiger partial charge in [0.15, 0.2) is 0 Å². The number of benzene rings is 2. The number of aryl methyl sites for hydroxylation is 1. The molecule has 2 rings (SSSR count). The van der Waals surface area contributed by atoms with Gasteiger partial charge < -0.3 is 9.64 Å². The lowest BCUT2D eigenvalue weighted by atomic mass is 10.1. The van der Waals surface area contributed by atoms with E-state index in [9.17, 15) is 4.79 Å². The summed E-state index contributed by atoms with van der Waals surface area (Å²) in [4.78, 5) is 14.0. The predicted octanol–water partition coefficient (Wildman–Crippen LogP) is 3.21. The number of carbonyl (C=O) groups is 1. The highest BCUT2D eigenvalue weighted by molar-refractivity contribution is 5.94. The van der Waals surface area contributed by atoms with Crippen LogP contribution in [0.4, 0.5) is 5.69 Å². The summed E-state index contributed by atoms with van der Waals surface area (Å²) < 4.78 is 5.29. The first kappa shape index (κ1) is 14.1. The normalized spacial score (nSPS) is 10.2. The van der Waals surface area contributed by atoms with E-state index >= 15 is 0 Å². The molecule has 0 aliphatic carbocycles. The van der Waals surface area contributed by atoms with E-state index < -0.39 is 0 Å². The molecule has 0 unspecified atom stereocenters. The van der Waals surface area contributed by atoms with Gasteiger partial charge >= 0.3 is 0 Å². The van der Waals surface area contributed by atoms with E-state index in [4.69, 9.17) is 4.74 Å². The Morgan fingerprint density at radius 1 is 1.15 bits per heavy atom. The van der Waals surface area contributed by atoms with E-state index in [1.54, 1.807) is 19.1 Å². The number of para-hydroxylation sites is 1. The summed E-state index contributed by atoms with van der Waals surface area (Å²) in [5.74, 6) is 0.875. The number of carbonyl (C=O) groups excluding carboxylic acids is 1. The van der Waals surface area contributed by atoms with E-state index in [2.05, 4.69) is 0 Å². The highest BCUT2D eigenvalue weighted by Crippen LogP contribution is 2.20. The summed E-state index contributed by atoms with van der Waals surface area (Å²) in [6.45, 7) is 1.99. The van der Waals surface area contributed by atoms with Crippen LogP contribution in [0.25, 0.3) is 0 Å². The van der Waals surface area contributed by atoms with Crippen LogP contribution in [0.1, 0.15) is 11.1 Å². The third kappa shape index (κ3) is 3.18. The molecule has 0 atom stereocenters. The minimum Gasteiger partial charge on any atom is -0.496 e. The number of rotatable bonds is 4. The molecule has 1 amide bonds. The first-order valence-electron chi connectivity index (χ1n) is 6.57. The molecule has 104 valence electrons. The Kier molecular flexibility index (Phi) is 4.41. The van der Waals surface area contributed by atoms with E-state index in [-0.39, 0.29) is 5.91 Å². The molecule has 0 fully saturated rings. The van der Waals surface area contributed by atoms with Crippen LogP contribution in [0.2, 0.25) is 0 Å². The number of ether oxygens (including phenoxy) is 1. The first-order chi connectivity index (χ1) is 9.61. The Labute approximate surface area is 119 Å². The number of hydrogen-bond acceptors (Lipinski definition) is 2. The van der Waals surface area contributed by atoms with Gasteiger partial charge in [0.05, 0.1) is 13.5 Å². The second-order valence-electron chi connectivity index (χ2n) is 4.77. The molecule has 20 heavy (non-hydrogen) atoms. The van der Waals surface area contributed by atoms with Gasteiger partial charge in [-0.3, -0.25) is 4.79 Å². The van der Waals surface area contributed by atoms with Crippen LogP contribution in [-0.2, 0) is 11.2 Å². The number of methoxy groups -OCH3 is 1. The SMILES string of the molecule is COc1cc(CC(=O)N(C)c2ccccc2)ccc1C. The zero-order valence-electron chi connectivity index (χ0n) is 12.1. The van der Waals surface area contributed by atoms with Crippen molar-refractivity contribution in [1.29, 1.82) is 0 Å². The van der Waals surface area contributed by atoms with Gasteiger partial charge in [-0.15, -0.1) is 0 Å². The quantitative estimate of drug-likeness (QED) is 0.853. The van der Waals surface area contributed by atoms with Crippen molar-refractivity contribution in [3.8, 4) is 5.75 Å². The molecule has 3 heteroatoms. The van der Waals surface area contributed by atoms with E-state index in [0.717, 1.165) is 22.6 Å². The molecule has 3 nitrogen and oxygen atoms in total. The van der Waals surface area contributed by atoms with Gasteiger partial charge in [-0.1, -0.05) is 30.3 Å². The van der Waals surface area contributed by atoms with E-state index in [0.29, 0.717) is 6.42 Å². The fourth-order valence-corrected chi connectivity index (χ4v) is 2.06. The summed E-state index contributed by atoms with van der Waals surface area (Å²) in [7, 11) is 3.44. The summed E-state index contributed by atoms with van der Waals surface area (Å²) in [6, 6.07) is 15.5. The second kappa shape index (κ2) is 6.24. The van der Waals surface area contributed by atoms with Crippen molar-refractivity contribution in [2.24, 2.45) is 0 Å². The molecular formula is C17H19NO2. The molecule has 0 heterocycles. The third-order valence-corrected chi connectivity index (χ3v) is 3.35. The van der Waals surface area contributed by atoms with Crippen LogP contribution in [0, 0.1) is 6.92 Å². The maximum Gasteiger partial charge on any atom is 0.231 e. The maximum absolute atomic E-state index is 12.3. The van der Waals surface area contributed by atoms with Crippen molar-refractivity contribution in [3.63, 3.8) is 0 Å². The molecule has 0 radical (unpaired) electrons. The zero-order valence-corrected chi connectivity index (χ0v) is 12.1. The summed E-state index contributed by atoms with van der Waals surface area (Å²) >= 11 is 0. The van der Waals surface area contributed by atoms with Gasteiger partial charge in [-0.2, -0.15) is 0 Å². The van der Waals surface area contributed by atoms with Crippen molar-refractivity contribution in [1.82, 2.24) is 0 Å². The van der Waals surface area contributed by atoms with Crippen LogP contribution >= 0.6 is 0 Å². The molecule has 2 aromatic carbocycles. The smallest absolute Gasteiger partial charge is 0.231 e. The molecule has 0 bridgehead atoms.